The average Bonchev–Trinajstić information content (AvgIpc) is 3.15. The number of imidazole rings is 1. The lowest BCUT2D eigenvalue weighted by Gasteiger charge is -2.30. The molecule has 5 rings (SSSR count). The molecular formula is C20H19N3O. The van der Waals surface area contributed by atoms with Gasteiger partial charge in [-0.05, 0) is 38.3 Å². The van der Waals surface area contributed by atoms with Crippen LogP contribution in [-0.4, -0.2) is 20.3 Å². The summed E-state index contributed by atoms with van der Waals surface area (Å²) in [5, 5.41) is 1.11. The molecule has 1 aliphatic heterocycles. The normalized spacial score (nSPS) is 21.5. The van der Waals surface area contributed by atoms with Crippen molar-refractivity contribution in [2.24, 2.45) is 0 Å². The highest BCUT2D eigenvalue weighted by atomic mass is 16.1. The summed E-state index contributed by atoms with van der Waals surface area (Å²) < 4.78 is 2.38. The van der Waals surface area contributed by atoms with Gasteiger partial charge in [0, 0.05) is 40.3 Å². The number of fused-ring (bicyclic) bond motifs is 3. The van der Waals surface area contributed by atoms with E-state index in [4.69, 9.17) is 0 Å². The van der Waals surface area contributed by atoms with Crippen LogP contribution in [0, 0.1) is 6.92 Å². The van der Waals surface area contributed by atoms with Gasteiger partial charge in [0.15, 0.2) is 5.78 Å². The van der Waals surface area contributed by atoms with Gasteiger partial charge in [-0.2, -0.15) is 0 Å². The van der Waals surface area contributed by atoms with Gasteiger partial charge in [-0.15, -0.1) is 0 Å². The molecule has 1 unspecified atom stereocenters. The van der Waals surface area contributed by atoms with Crippen LogP contribution in [0.1, 0.15) is 52.6 Å². The molecular weight excluding hydrogens is 298 g/mol. The molecule has 4 heteroatoms. The van der Waals surface area contributed by atoms with Gasteiger partial charge in [0.25, 0.3) is 0 Å². The Morgan fingerprint density at radius 1 is 1.33 bits per heavy atom. The number of aryl methyl sites for hydroxylation is 2. The van der Waals surface area contributed by atoms with Gasteiger partial charge in [-0.25, -0.2) is 4.98 Å². The van der Waals surface area contributed by atoms with Gasteiger partial charge < -0.3 is 9.55 Å². The first-order valence-corrected chi connectivity index (χ1v) is 8.60. The molecule has 2 aliphatic rings. The molecule has 0 saturated carbocycles. The maximum Gasteiger partial charge on any atom is 0.191 e. The van der Waals surface area contributed by atoms with E-state index in [9.17, 15) is 4.79 Å². The Labute approximate surface area is 140 Å². The van der Waals surface area contributed by atoms with Crippen LogP contribution in [0.5, 0.6) is 0 Å². The second kappa shape index (κ2) is 4.94. The molecule has 120 valence electrons. The number of nitrogens with one attached hydrogen (secondary N) is 1. The average molecular weight is 317 g/mol. The van der Waals surface area contributed by atoms with Gasteiger partial charge in [0.2, 0.25) is 0 Å². The van der Waals surface area contributed by atoms with E-state index < -0.39 is 0 Å². The predicted molar refractivity (Wildman–Crippen MR) is 94.2 cm³/mol. The zero-order valence-corrected chi connectivity index (χ0v) is 13.7. The van der Waals surface area contributed by atoms with E-state index in [1.54, 1.807) is 6.33 Å². The van der Waals surface area contributed by atoms with Crippen molar-refractivity contribution in [3.8, 4) is 0 Å². The van der Waals surface area contributed by atoms with E-state index in [0.29, 0.717) is 5.92 Å². The molecule has 24 heavy (non-hydrogen) atoms. The largest absolute Gasteiger partial charge is 0.348 e. The Bertz CT molecular complexity index is 1010. The number of carbonyl (C=O) groups is 1. The second-order valence-corrected chi connectivity index (χ2v) is 6.88. The fraction of sp³-hybridized carbons (Fsp3) is 0.300. The fourth-order valence-corrected chi connectivity index (χ4v) is 4.38. The number of hydrogen-bond donors (Lipinski definition) is 1. The lowest BCUT2D eigenvalue weighted by Crippen LogP contribution is -2.24. The molecule has 0 amide bonds. The highest BCUT2D eigenvalue weighted by Gasteiger charge is 2.36. The molecule has 1 aliphatic carbocycles. The standard InChI is InChI=1S/C20H19N3O/c1-12-16(22-11-21-12)10-14-9-13-5-4-8-23-17-7-3-2-6-15(17)18(19(13)23)20(14)24/h2-3,6-7,10-11,13H,4-5,8-9H2,1H3,(H,21,22)/b14-10-. The van der Waals surface area contributed by atoms with Gasteiger partial charge in [0.1, 0.15) is 0 Å². The number of benzene rings is 1. The highest BCUT2D eigenvalue weighted by Crippen LogP contribution is 2.45. The molecule has 0 saturated heterocycles. The lowest BCUT2D eigenvalue weighted by molar-refractivity contribution is 0.102. The summed E-state index contributed by atoms with van der Waals surface area (Å²) in [7, 11) is 0. The summed E-state index contributed by atoms with van der Waals surface area (Å²) in [6, 6.07) is 8.33. The van der Waals surface area contributed by atoms with E-state index in [0.717, 1.165) is 47.3 Å². The molecule has 0 bridgehead atoms. The van der Waals surface area contributed by atoms with Crippen LogP contribution in [0.4, 0.5) is 0 Å². The minimum atomic E-state index is 0.181. The van der Waals surface area contributed by atoms with E-state index in [-0.39, 0.29) is 5.78 Å². The number of hydrogen-bond acceptors (Lipinski definition) is 2. The van der Waals surface area contributed by atoms with E-state index >= 15 is 0 Å². The van der Waals surface area contributed by atoms with Crippen molar-refractivity contribution in [3.05, 3.63) is 58.8 Å². The first-order chi connectivity index (χ1) is 11.7. The second-order valence-electron chi connectivity index (χ2n) is 6.88. The molecule has 1 N–H and O–H groups in total. The number of ketones is 1. The molecule has 0 radical (unpaired) electrons. The first kappa shape index (κ1) is 13.8. The van der Waals surface area contributed by atoms with Gasteiger partial charge in [0.05, 0.1) is 17.6 Å². The molecule has 2 aromatic heterocycles. The van der Waals surface area contributed by atoms with Crippen LogP contribution >= 0.6 is 0 Å². The van der Waals surface area contributed by atoms with Crippen LogP contribution < -0.4 is 0 Å². The summed E-state index contributed by atoms with van der Waals surface area (Å²) in [6.45, 7) is 3.02. The quantitative estimate of drug-likeness (QED) is 0.683. The number of rotatable bonds is 1. The number of aromatic nitrogens is 3. The maximum absolute atomic E-state index is 13.2. The SMILES string of the molecule is Cc1[nH]cnc1/C=C1/CC2CCCn3c2c(c2ccccc23)C1=O. The van der Waals surface area contributed by atoms with Crippen molar-refractivity contribution in [2.75, 3.05) is 0 Å². The summed E-state index contributed by atoms with van der Waals surface area (Å²) in [5.41, 5.74) is 6.18. The Hall–Kier alpha value is -2.62. The topological polar surface area (TPSA) is 50.7 Å². The predicted octanol–water partition coefficient (Wildman–Crippen LogP) is 4.22. The van der Waals surface area contributed by atoms with Gasteiger partial charge in [-0.3, -0.25) is 4.79 Å². The number of carbonyl (C=O) groups excluding carboxylic acids is 1. The van der Waals surface area contributed by atoms with Crippen molar-refractivity contribution >= 4 is 22.8 Å². The molecule has 1 atom stereocenters. The first-order valence-electron chi connectivity index (χ1n) is 8.60. The zero-order chi connectivity index (χ0) is 16.3. The third-order valence-electron chi connectivity index (χ3n) is 5.50. The number of H-pyrrole nitrogens is 1. The number of Topliss-reactive ketones (excluding diaryl/α,β-unsaturated/α-hetero) is 1. The Morgan fingerprint density at radius 2 is 2.21 bits per heavy atom. The minimum Gasteiger partial charge on any atom is -0.348 e. The van der Waals surface area contributed by atoms with Crippen LogP contribution in [-0.2, 0) is 6.54 Å². The van der Waals surface area contributed by atoms with E-state index in [1.807, 2.05) is 19.1 Å². The number of nitrogens with zero attached hydrogens (tertiary/aromatic N) is 2. The van der Waals surface area contributed by atoms with Gasteiger partial charge in [-0.1, -0.05) is 18.2 Å². The van der Waals surface area contributed by atoms with Crippen molar-refractivity contribution < 1.29 is 4.79 Å². The monoisotopic (exact) mass is 317 g/mol. The molecule has 3 heterocycles. The zero-order valence-electron chi connectivity index (χ0n) is 13.7. The highest BCUT2D eigenvalue weighted by molar-refractivity contribution is 6.20. The summed E-state index contributed by atoms with van der Waals surface area (Å²) >= 11 is 0. The van der Waals surface area contributed by atoms with Crippen molar-refractivity contribution in [2.45, 2.75) is 38.6 Å². The van der Waals surface area contributed by atoms with Crippen molar-refractivity contribution in [1.82, 2.24) is 14.5 Å². The molecule has 4 nitrogen and oxygen atoms in total. The summed E-state index contributed by atoms with van der Waals surface area (Å²) in [5.74, 6) is 0.629. The molecule has 0 fully saturated rings. The molecule has 0 spiro atoms. The van der Waals surface area contributed by atoms with Gasteiger partial charge >= 0.3 is 0 Å². The number of aromatic amines is 1. The Morgan fingerprint density at radius 3 is 3.04 bits per heavy atom. The van der Waals surface area contributed by atoms with Crippen LogP contribution in [0.3, 0.4) is 0 Å². The lowest BCUT2D eigenvalue weighted by atomic mass is 9.78. The third kappa shape index (κ3) is 1.80. The smallest absolute Gasteiger partial charge is 0.191 e. The minimum absolute atomic E-state index is 0.181. The molecule has 3 aromatic rings. The summed E-state index contributed by atoms with van der Waals surface area (Å²) in [6.07, 6.45) is 6.84. The molecule has 1 aromatic carbocycles. The number of para-hydroxylation sites is 1. The van der Waals surface area contributed by atoms with E-state index in [1.165, 1.54) is 17.6 Å². The van der Waals surface area contributed by atoms with Crippen LogP contribution in [0.15, 0.2) is 36.2 Å². The maximum atomic E-state index is 13.2. The number of allylic oxidation sites excluding steroid dienone is 1. The van der Waals surface area contributed by atoms with Crippen LogP contribution in [0.25, 0.3) is 17.0 Å². The fourth-order valence-electron chi connectivity index (χ4n) is 4.38. The van der Waals surface area contributed by atoms with Crippen molar-refractivity contribution in [1.29, 1.82) is 0 Å². The Kier molecular flexibility index (Phi) is 2.84. The van der Waals surface area contributed by atoms with Crippen LogP contribution in [0.2, 0.25) is 0 Å². The van der Waals surface area contributed by atoms with E-state index in [2.05, 4.69) is 32.7 Å². The third-order valence-corrected chi connectivity index (χ3v) is 5.50. The van der Waals surface area contributed by atoms with Crippen molar-refractivity contribution in [3.63, 3.8) is 0 Å². The Balaban J connectivity index is 1.75. The summed E-state index contributed by atoms with van der Waals surface area (Å²) in [4.78, 5) is 20.7.